The first-order valence-corrected chi connectivity index (χ1v) is 6.02. The number of hydrogen-bond donors (Lipinski definition) is 0. The van der Waals surface area contributed by atoms with E-state index in [1.807, 2.05) is 0 Å². The molecule has 18 heavy (non-hydrogen) atoms. The number of nitrogens with zero attached hydrogens (tertiary/aromatic N) is 1. The molecule has 0 N–H and O–H groups in total. The molecule has 4 heteroatoms. The Hall–Kier alpha value is -1.03. The van der Waals surface area contributed by atoms with Gasteiger partial charge >= 0.3 is 6.09 Å². The van der Waals surface area contributed by atoms with Crippen LogP contribution in [0.25, 0.3) is 0 Å². The van der Waals surface area contributed by atoms with E-state index in [0.29, 0.717) is 0 Å². The maximum Gasteiger partial charge on any atom is 0.410 e. The predicted molar refractivity (Wildman–Crippen MR) is 74.5 cm³/mol. The van der Waals surface area contributed by atoms with Gasteiger partial charge in [-0.25, -0.2) is 4.79 Å². The largest absolute Gasteiger partial charge is 0.444 e. The minimum Gasteiger partial charge on any atom is -0.444 e. The number of halogens is 1. The third kappa shape index (κ3) is 3.25. The van der Waals surface area contributed by atoms with Gasteiger partial charge in [0.15, 0.2) is 0 Å². The van der Waals surface area contributed by atoms with Crippen LogP contribution in [0.1, 0.15) is 44.2 Å². The van der Waals surface area contributed by atoms with Crippen LogP contribution in [0.3, 0.4) is 0 Å². The quantitative estimate of drug-likeness (QED) is 0.728. The molecule has 1 aromatic carbocycles. The zero-order valence-electron chi connectivity index (χ0n) is 19.1. The van der Waals surface area contributed by atoms with Crippen LogP contribution in [0.2, 0.25) is 0 Å². The predicted octanol–water partition coefficient (Wildman–Crippen LogP) is 3.74. The molecule has 0 saturated heterocycles. The second-order valence-electron chi connectivity index (χ2n) is 4.60. The minimum atomic E-state index is -3.24. The van der Waals surface area contributed by atoms with Crippen LogP contribution in [0.15, 0.2) is 22.6 Å². The van der Waals surface area contributed by atoms with Crippen molar-refractivity contribution in [2.45, 2.75) is 39.2 Å². The molecular formula is C14H18BrNO2. The number of benzene rings is 1. The summed E-state index contributed by atoms with van der Waals surface area (Å²) in [6.45, 7) is -1.81. The number of rotatable bonds is 0. The Kier molecular flexibility index (Phi) is 1.63. The van der Waals surface area contributed by atoms with Gasteiger partial charge in [-0.1, -0.05) is 22.0 Å². The lowest BCUT2D eigenvalue weighted by atomic mass is 10.0. The topological polar surface area (TPSA) is 29.5 Å². The summed E-state index contributed by atoms with van der Waals surface area (Å²) < 4.78 is 78.3. The fourth-order valence-electron chi connectivity index (χ4n) is 1.21. The van der Waals surface area contributed by atoms with Gasteiger partial charge in [0.05, 0.1) is 6.85 Å². The molecule has 0 unspecified atom stereocenters. The van der Waals surface area contributed by atoms with E-state index < -0.39 is 60.3 Å². The highest BCUT2D eigenvalue weighted by molar-refractivity contribution is 9.10. The summed E-state index contributed by atoms with van der Waals surface area (Å²) in [5, 5.41) is 0. The van der Waals surface area contributed by atoms with Crippen molar-refractivity contribution in [2.24, 2.45) is 0 Å². The second kappa shape index (κ2) is 4.92. The van der Waals surface area contributed by atoms with Crippen LogP contribution in [0.4, 0.5) is 4.79 Å². The lowest BCUT2D eigenvalue weighted by Gasteiger charge is -2.31. The van der Waals surface area contributed by atoms with E-state index in [1.165, 1.54) is 20.8 Å². The molecule has 1 amide bonds. The highest BCUT2D eigenvalue weighted by Gasteiger charge is 2.25. The van der Waals surface area contributed by atoms with Gasteiger partial charge in [-0.05, 0) is 50.4 Å². The van der Waals surface area contributed by atoms with Gasteiger partial charge in [-0.3, -0.25) is 0 Å². The summed E-state index contributed by atoms with van der Waals surface area (Å²) in [5.41, 5.74) is -2.57. The van der Waals surface area contributed by atoms with E-state index >= 15 is 0 Å². The van der Waals surface area contributed by atoms with Crippen molar-refractivity contribution in [1.29, 1.82) is 0 Å². The first kappa shape index (κ1) is 5.95. The summed E-state index contributed by atoms with van der Waals surface area (Å²) in [4.78, 5) is 12.6. The van der Waals surface area contributed by atoms with Gasteiger partial charge in [-0.15, -0.1) is 0 Å². The molecule has 2 rings (SSSR count). The summed E-state index contributed by atoms with van der Waals surface area (Å²) in [5.74, 6) is 0. The van der Waals surface area contributed by atoms with Crippen molar-refractivity contribution >= 4 is 22.0 Å². The van der Waals surface area contributed by atoms with E-state index in [-0.39, 0.29) is 9.37 Å². The van der Waals surface area contributed by atoms with E-state index in [9.17, 15) is 4.79 Å². The molecule has 3 nitrogen and oxygen atoms in total. The Morgan fingerprint density at radius 3 is 2.89 bits per heavy atom. The fraction of sp³-hybridized carbons (Fsp3) is 0.500. The van der Waals surface area contributed by atoms with E-state index in [1.54, 1.807) is 0 Å². The minimum absolute atomic E-state index is 0.0294. The Bertz CT molecular complexity index is 820. The van der Waals surface area contributed by atoms with Crippen LogP contribution in [0.5, 0.6) is 0 Å². The molecule has 0 aromatic heterocycles. The van der Waals surface area contributed by atoms with Crippen molar-refractivity contribution in [3.8, 4) is 0 Å². The molecule has 1 aromatic rings. The molecule has 0 spiro atoms. The average molecular weight is 321 g/mol. The lowest BCUT2D eigenvalue weighted by molar-refractivity contribution is 0.0224. The third-order valence-corrected chi connectivity index (χ3v) is 2.27. The molecule has 0 saturated carbocycles. The molecule has 1 aliphatic rings. The number of fused-ring (bicyclic) bond motifs is 1. The smallest absolute Gasteiger partial charge is 0.410 e. The van der Waals surface area contributed by atoms with Gasteiger partial charge in [0.1, 0.15) is 5.60 Å². The summed E-state index contributed by atoms with van der Waals surface area (Å²) in [6, 6.07) is -1.96. The average Bonchev–Trinajstić information content (AvgIpc) is 2.44. The molecular weight excluding hydrogens is 294 g/mol. The monoisotopic (exact) mass is 320 g/mol. The van der Waals surface area contributed by atoms with Crippen molar-refractivity contribution in [1.82, 2.24) is 4.90 Å². The van der Waals surface area contributed by atoms with Crippen molar-refractivity contribution in [3.05, 3.63) is 33.7 Å². The van der Waals surface area contributed by atoms with Crippen LogP contribution in [0, 0.1) is 0 Å². The van der Waals surface area contributed by atoms with Gasteiger partial charge in [0, 0.05) is 22.9 Å². The van der Waals surface area contributed by atoms with Crippen LogP contribution in [-0.2, 0) is 17.6 Å². The SMILES string of the molecule is [2H]c1c([2H])c2c(c([2H])c1Br)C([2H])([2H])C([2H])([2H])N(C(=O)OC(C)(C)C)C2([2H])[2H]. The van der Waals surface area contributed by atoms with Crippen molar-refractivity contribution in [2.75, 3.05) is 6.50 Å². The number of carbonyl (C=O) groups excluding carboxylic acids is 1. The number of carbonyl (C=O) groups is 1. The molecule has 0 fully saturated rings. The van der Waals surface area contributed by atoms with Crippen molar-refractivity contribution in [3.63, 3.8) is 0 Å². The van der Waals surface area contributed by atoms with Crippen molar-refractivity contribution < 1.29 is 21.9 Å². The Morgan fingerprint density at radius 1 is 1.50 bits per heavy atom. The molecule has 0 atom stereocenters. The van der Waals surface area contributed by atoms with Crippen LogP contribution in [-0.4, -0.2) is 23.1 Å². The van der Waals surface area contributed by atoms with E-state index in [0.717, 1.165) is 0 Å². The summed E-state index contributed by atoms with van der Waals surface area (Å²) in [7, 11) is 0. The number of ether oxygens (including phenoxy) is 1. The van der Waals surface area contributed by atoms with Crippen LogP contribution >= 0.6 is 15.9 Å². The maximum atomic E-state index is 12.6. The Balaban J connectivity index is 2.91. The highest BCUT2D eigenvalue weighted by Crippen LogP contribution is 2.24. The molecule has 1 aliphatic heterocycles. The third-order valence-electron chi connectivity index (χ3n) is 1.87. The van der Waals surface area contributed by atoms with Crippen LogP contribution < -0.4 is 0 Å². The van der Waals surface area contributed by atoms with Gasteiger partial charge in [-0.2, -0.15) is 0 Å². The molecule has 1 heterocycles. The zero-order valence-corrected chi connectivity index (χ0v) is 11.7. The van der Waals surface area contributed by atoms with Gasteiger partial charge in [0.25, 0.3) is 0 Å². The summed E-state index contributed by atoms with van der Waals surface area (Å²) in [6.07, 6.45) is -4.50. The molecule has 0 radical (unpaired) electrons. The van der Waals surface area contributed by atoms with E-state index in [2.05, 4.69) is 15.9 Å². The Labute approximate surface area is 129 Å². The Morgan fingerprint density at radius 2 is 2.22 bits per heavy atom. The molecule has 98 valence electrons. The first-order valence-electron chi connectivity index (χ1n) is 9.72. The zero-order chi connectivity index (χ0) is 21.3. The number of amides is 1. The fourth-order valence-corrected chi connectivity index (χ4v) is 1.51. The molecule has 0 bridgehead atoms. The highest BCUT2D eigenvalue weighted by atomic mass is 79.9. The standard InChI is InChI=1S/C14H18BrNO2/c1-14(2,3)18-13(17)16-7-6-10-8-12(15)5-4-11(10)9-16/h4-5,8H,6-7,9H2,1-3H3/i4D,5D,6D2,7D2,8D,9D2. The summed E-state index contributed by atoms with van der Waals surface area (Å²) >= 11 is 2.91. The maximum absolute atomic E-state index is 12.6. The first-order chi connectivity index (χ1) is 11.9. The van der Waals surface area contributed by atoms with Gasteiger partial charge < -0.3 is 9.64 Å². The lowest BCUT2D eigenvalue weighted by Crippen LogP contribution is -2.39. The van der Waals surface area contributed by atoms with E-state index in [4.69, 9.17) is 17.1 Å². The molecule has 0 aliphatic carbocycles. The normalized spacial score (nSPS) is 30.9. The van der Waals surface area contributed by atoms with Gasteiger partial charge in [0.2, 0.25) is 0 Å². The number of hydrogen-bond acceptors (Lipinski definition) is 2. The second-order valence-corrected chi connectivity index (χ2v) is 5.40.